The van der Waals surface area contributed by atoms with E-state index in [1.807, 2.05) is 44.2 Å². The summed E-state index contributed by atoms with van der Waals surface area (Å²) in [5.41, 5.74) is 2.61. The monoisotopic (exact) mass is 441 g/mol. The number of para-hydroxylation sites is 1. The maximum atomic E-state index is 13.6. The number of hydrogen-bond donors (Lipinski definition) is 3. The molecule has 3 amide bonds. The van der Waals surface area contributed by atoms with Gasteiger partial charge in [0, 0.05) is 18.7 Å². The van der Waals surface area contributed by atoms with Crippen molar-refractivity contribution in [1.82, 2.24) is 10.2 Å². The molecular formula is C25H35N3O4. The molecule has 1 aromatic rings. The van der Waals surface area contributed by atoms with Crippen molar-refractivity contribution >= 4 is 23.4 Å². The Bertz CT molecular complexity index is 892. The van der Waals surface area contributed by atoms with Crippen LogP contribution in [0.3, 0.4) is 0 Å². The average Bonchev–Trinajstić information content (AvgIpc) is 3.08. The molecule has 0 saturated carbocycles. The van der Waals surface area contributed by atoms with Crippen molar-refractivity contribution in [3.8, 4) is 0 Å². The van der Waals surface area contributed by atoms with E-state index < -0.39 is 29.8 Å². The minimum atomic E-state index is -0.792. The van der Waals surface area contributed by atoms with Gasteiger partial charge in [-0.05, 0) is 44.2 Å². The number of carbonyl (C=O) groups is 3. The lowest BCUT2D eigenvalue weighted by molar-refractivity contribution is -0.142. The van der Waals surface area contributed by atoms with Gasteiger partial charge in [-0.2, -0.15) is 0 Å². The second-order valence-electron chi connectivity index (χ2n) is 9.06. The minimum Gasteiger partial charge on any atom is -0.394 e. The van der Waals surface area contributed by atoms with Crippen molar-refractivity contribution in [3.05, 3.63) is 41.5 Å². The first-order valence-electron chi connectivity index (χ1n) is 11.5. The van der Waals surface area contributed by atoms with Crippen molar-refractivity contribution in [3.63, 3.8) is 0 Å². The third kappa shape index (κ3) is 4.18. The maximum absolute atomic E-state index is 13.6. The topological polar surface area (TPSA) is 98.7 Å². The van der Waals surface area contributed by atoms with Crippen LogP contribution in [0.25, 0.3) is 0 Å². The number of carbonyl (C=O) groups excluding carboxylic acids is 3. The lowest BCUT2D eigenvalue weighted by atomic mass is 9.68. The lowest BCUT2D eigenvalue weighted by Crippen LogP contribution is -2.49. The van der Waals surface area contributed by atoms with Gasteiger partial charge in [0.1, 0.15) is 6.04 Å². The van der Waals surface area contributed by atoms with Crippen LogP contribution in [-0.2, 0) is 14.4 Å². The highest BCUT2D eigenvalue weighted by molar-refractivity contribution is 6.02. The SMILES string of the molecule is CCC[C@@H]1C=C[C@H]2[C@@H](C(=O)N([C@H](C)CO)[C@@H]2C(=O)Nc2c(C)cccc2C)[C@@H]1C(=O)NC. The molecule has 1 saturated heterocycles. The zero-order valence-electron chi connectivity index (χ0n) is 19.6. The van der Waals surface area contributed by atoms with E-state index in [-0.39, 0.29) is 30.2 Å². The number of aliphatic hydroxyl groups is 1. The Hall–Kier alpha value is -2.67. The number of nitrogens with zero attached hydrogens (tertiary/aromatic N) is 1. The molecule has 7 nitrogen and oxygen atoms in total. The Kier molecular flexibility index (Phi) is 7.39. The zero-order chi connectivity index (χ0) is 23.6. The Balaban J connectivity index is 2.04. The standard InChI is InChI=1S/C25H35N3O4/c1-6-8-17-11-12-18-20(19(17)23(30)26-5)25(32)28(16(4)13-29)22(18)24(31)27-21-14(2)9-7-10-15(21)3/h7,9-12,16-20,22,29H,6,8,13H2,1-5H3,(H,26,30)(H,27,31)/t16-,17-,18+,19-,20-,22+/m1/s1. The molecule has 1 fully saturated rings. The van der Waals surface area contributed by atoms with E-state index >= 15 is 0 Å². The molecule has 174 valence electrons. The first-order valence-corrected chi connectivity index (χ1v) is 11.5. The van der Waals surface area contributed by atoms with Gasteiger partial charge in [0.2, 0.25) is 17.7 Å². The number of aliphatic hydroxyl groups excluding tert-OH is 1. The molecule has 3 N–H and O–H groups in total. The van der Waals surface area contributed by atoms with Crippen molar-refractivity contribution in [2.24, 2.45) is 23.7 Å². The van der Waals surface area contributed by atoms with Crippen molar-refractivity contribution < 1.29 is 19.5 Å². The molecule has 0 spiro atoms. The largest absolute Gasteiger partial charge is 0.394 e. The summed E-state index contributed by atoms with van der Waals surface area (Å²) < 4.78 is 0. The fourth-order valence-electron chi connectivity index (χ4n) is 5.35. The fraction of sp³-hybridized carbons (Fsp3) is 0.560. The number of anilines is 1. The van der Waals surface area contributed by atoms with Gasteiger partial charge < -0.3 is 20.6 Å². The molecule has 3 rings (SSSR count). The van der Waals surface area contributed by atoms with Crippen LogP contribution in [0.4, 0.5) is 5.69 Å². The number of amides is 3. The van der Waals surface area contributed by atoms with Gasteiger partial charge in [-0.25, -0.2) is 0 Å². The number of fused-ring (bicyclic) bond motifs is 1. The highest BCUT2D eigenvalue weighted by Crippen LogP contribution is 2.46. The second kappa shape index (κ2) is 9.86. The van der Waals surface area contributed by atoms with Crippen LogP contribution in [0.15, 0.2) is 30.4 Å². The summed E-state index contributed by atoms with van der Waals surface area (Å²) in [4.78, 5) is 41.6. The average molecular weight is 442 g/mol. The predicted octanol–water partition coefficient (Wildman–Crippen LogP) is 2.41. The summed E-state index contributed by atoms with van der Waals surface area (Å²) in [5.74, 6) is -2.36. The number of likely N-dealkylation sites (tertiary alicyclic amines) is 1. The van der Waals surface area contributed by atoms with Gasteiger partial charge in [0.15, 0.2) is 0 Å². The molecule has 2 aliphatic rings. The molecule has 32 heavy (non-hydrogen) atoms. The van der Waals surface area contributed by atoms with Gasteiger partial charge in [-0.3, -0.25) is 14.4 Å². The molecule has 1 aromatic carbocycles. The van der Waals surface area contributed by atoms with Crippen molar-refractivity contribution in [2.45, 2.75) is 52.6 Å². The number of allylic oxidation sites excluding steroid dienone is 1. The Labute approximate surface area is 190 Å². The summed E-state index contributed by atoms with van der Waals surface area (Å²) in [6, 6.07) is 4.46. The third-order valence-electron chi connectivity index (χ3n) is 6.96. The molecule has 1 aliphatic heterocycles. The molecule has 1 heterocycles. The first kappa shape index (κ1) is 24.0. The summed E-state index contributed by atoms with van der Waals surface area (Å²) in [6.07, 6.45) is 5.63. The molecule has 0 radical (unpaired) electrons. The number of benzene rings is 1. The van der Waals surface area contributed by atoms with Gasteiger partial charge in [-0.15, -0.1) is 0 Å². The van der Waals surface area contributed by atoms with E-state index in [1.54, 1.807) is 14.0 Å². The van der Waals surface area contributed by atoms with E-state index in [0.29, 0.717) is 0 Å². The summed E-state index contributed by atoms with van der Waals surface area (Å²) >= 11 is 0. The third-order valence-corrected chi connectivity index (χ3v) is 6.96. The van der Waals surface area contributed by atoms with Crippen LogP contribution in [0.1, 0.15) is 37.8 Å². The second-order valence-corrected chi connectivity index (χ2v) is 9.06. The van der Waals surface area contributed by atoms with Crippen LogP contribution < -0.4 is 10.6 Å². The zero-order valence-corrected chi connectivity index (χ0v) is 19.6. The predicted molar refractivity (Wildman–Crippen MR) is 124 cm³/mol. The van der Waals surface area contributed by atoms with E-state index in [1.165, 1.54) is 4.90 Å². The number of hydrogen-bond acceptors (Lipinski definition) is 4. The van der Waals surface area contributed by atoms with E-state index in [9.17, 15) is 19.5 Å². The van der Waals surface area contributed by atoms with Crippen LogP contribution in [0.5, 0.6) is 0 Å². The van der Waals surface area contributed by atoms with Gasteiger partial charge in [-0.1, -0.05) is 43.7 Å². The van der Waals surface area contributed by atoms with E-state index in [4.69, 9.17) is 0 Å². The quantitative estimate of drug-likeness (QED) is 0.566. The fourth-order valence-corrected chi connectivity index (χ4v) is 5.35. The highest BCUT2D eigenvalue weighted by Gasteiger charge is 2.57. The van der Waals surface area contributed by atoms with Gasteiger partial charge in [0.05, 0.1) is 24.5 Å². The smallest absolute Gasteiger partial charge is 0.247 e. The van der Waals surface area contributed by atoms with E-state index in [0.717, 1.165) is 29.7 Å². The molecule has 1 aliphatic carbocycles. The van der Waals surface area contributed by atoms with Crippen LogP contribution in [0.2, 0.25) is 0 Å². The summed E-state index contributed by atoms with van der Waals surface area (Å²) in [7, 11) is 1.58. The van der Waals surface area contributed by atoms with Crippen LogP contribution >= 0.6 is 0 Å². The summed E-state index contributed by atoms with van der Waals surface area (Å²) in [6.45, 7) is 7.38. The van der Waals surface area contributed by atoms with Gasteiger partial charge in [0.25, 0.3) is 0 Å². The normalized spacial score (nSPS) is 27.8. The van der Waals surface area contributed by atoms with Crippen LogP contribution in [-0.4, -0.2) is 53.5 Å². The molecule has 7 heteroatoms. The number of nitrogens with one attached hydrogen (secondary N) is 2. The van der Waals surface area contributed by atoms with E-state index in [2.05, 4.69) is 17.6 Å². The molecule has 6 atom stereocenters. The molecule has 0 unspecified atom stereocenters. The molecule has 0 bridgehead atoms. The summed E-state index contributed by atoms with van der Waals surface area (Å²) in [5, 5.41) is 15.6. The number of aryl methyl sites for hydroxylation is 2. The molecule has 0 aromatic heterocycles. The highest BCUT2D eigenvalue weighted by atomic mass is 16.3. The Morgan fingerprint density at radius 2 is 1.81 bits per heavy atom. The Morgan fingerprint density at radius 3 is 2.38 bits per heavy atom. The van der Waals surface area contributed by atoms with Crippen molar-refractivity contribution in [1.29, 1.82) is 0 Å². The maximum Gasteiger partial charge on any atom is 0.247 e. The first-order chi connectivity index (χ1) is 15.3. The van der Waals surface area contributed by atoms with Gasteiger partial charge >= 0.3 is 0 Å². The van der Waals surface area contributed by atoms with Crippen molar-refractivity contribution in [2.75, 3.05) is 19.0 Å². The Morgan fingerprint density at radius 1 is 1.16 bits per heavy atom. The lowest BCUT2D eigenvalue weighted by Gasteiger charge is -2.34. The molecular weight excluding hydrogens is 406 g/mol. The number of rotatable bonds is 7. The van der Waals surface area contributed by atoms with Crippen LogP contribution in [0, 0.1) is 37.5 Å². The minimum absolute atomic E-state index is 0.0585.